The van der Waals surface area contributed by atoms with Gasteiger partial charge in [0.1, 0.15) is 0 Å². The number of hydrogen-bond donors (Lipinski definition) is 2. The second kappa shape index (κ2) is 6.03. The van der Waals surface area contributed by atoms with Crippen molar-refractivity contribution in [3.8, 4) is 0 Å². The molecule has 0 saturated heterocycles. The number of nitrogens with zero attached hydrogens (tertiary/aromatic N) is 3. The molecule has 108 valence electrons. The van der Waals surface area contributed by atoms with E-state index in [1.54, 1.807) is 0 Å². The molecule has 0 amide bonds. The molecule has 0 aliphatic heterocycles. The second-order valence-electron chi connectivity index (χ2n) is 5.93. The van der Waals surface area contributed by atoms with Crippen LogP contribution in [0.5, 0.6) is 0 Å². The van der Waals surface area contributed by atoms with Crippen LogP contribution in [-0.4, -0.2) is 34.3 Å². The van der Waals surface area contributed by atoms with E-state index in [4.69, 9.17) is 5.84 Å². The summed E-state index contributed by atoms with van der Waals surface area (Å²) in [5.74, 6) is 5.89. The van der Waals surface area contributed by atoms with E-state index in [2.05, 4.69) is 35.6 Å². The SMILES string of the molecule is CN(C)C1(C(NN)c2ccn(C)n2)CCCCCC1. The first kappa shape index (κ1) is 14.5. The van der Waals surface area contributed by atoms with Crippen molar-refractivity contribution < 1.29 is 0 Å². The molecule has 1 aliphatic carbocycles. The molecular weight excluding hydrogens is 238 g/mol. The zero-order valence-corrected chi connectivity index (χ0v) is 12.4. The topological polar surface area (TPSA) is 59.1 Å². The highest BCUT2D eigenvalue weighted by Crippen LogP contribution is 2.40. The first-order valence-corrected chi connectivity index (χ1v) is 7.23. The zero-order chi connectivity index (χ0) is 13.9. The molecule has 5 heteroatoms. The lowest BCUT2D eigenvalue weighted by Gasteiger charge is -2.45. The van der Waals surface area contributed by atoms with Crippen LogP contribution in [0.4, 0.5) is 0 Å². The summed E-state index contributed by atoms with van der Waals surface area (Å²) in [4.78, 5) is 2.34. The molecule has 1 fully saturated rings. The molecule has 0 bridgehead atoms. The molecule has 0 spiro atoms. The van der Waals surface area contributed by atoms with Crippen LogP contribution in [-0.2, 0) is 7.05 Å². The maximum atomic E-state index is 5.89. The molecule has 2 rings (SSSR count). The van der Waals surface area contributed by atoms with E-state index in [1.807, 2.05) is 17.9 Å². The third-order valence-electron chi connectivity index (χ3n) is 4.59. The minimum absolute atomic E-state index is 0.0691. The Morgan fingerprint density at radius 2 is 1.95 bits per heavy atom. The second-order valence-corrected chi connectivity index (χ2v) is 5.93. The highest BCUT2D eigenvalue weighted by atomic mass is 15.3. The van der Waals surface area contributed by atoms with Gasteiger partial charge in [-0.2, -0.15) is 5.10 Å². The van der Waals surface area contributed by atoms with Crippen LogP contribution in [0.25, 0.3) is 0 Å². The Kier molecular flexibility index (Phi) is 4.60. The van der Waals surface area contributed by atoms with Gasteiger partial charge in [0.2, 0.25) is 0 Å². The molecule has 3 N–H and O–H groups in total. The molecule has 19 heavy (non-hydrogen) atoms. The Morgan fingerprint density at radius 1 is 1.32 bits per heavy atom. The molecule has 0 aromatic carbocycles. The number of likely N-dealkylation sites (N-methyl/N-ethyl adjacent to an activating group) is 1. The van der Waals surface area contributed by atoms with Crippen LogP contribution in [0.3, 0.4) is 0 Å². The molecule has 0 radical (unpaired) electrons. The monoisotopic (exact) mass is 265 g/mol. The van der Waals surface area contributed by atoms with E-state index in [0.29, 0.717) is 0 Å². The van der Waals surface area contributed by atoms with E-state index in [0.717, 1.165) is 5.69 Å². The number of nitrogens with one attached hydrogen (secondary N) is 1. The summed E-state index contributed by atoms with van der Waals surface area (Å²) >= 11 is 0. The van der Waals surface area contributed by atoms with Gasteiger partial charge in [0.05, 0.1) is 11.7 Å². The Morgan fingerprint density at radius 3 is 2.37 bits per heavy atom. The molecule has 1 saturated carbocycles. The third-order valence-corrected chi connectivity index (χ3v) is 4.59. The van der Waals surface area contributed by atoms with Crippen molar-refractivity contribution in [2.75, 3.05) is 14.1 Å². The highest BCUT2D eigenvalue weighted by molar-refractivity contribution is 5.14. The van der Waals surface area contributed by atoms with Gasteiger partial charge in [-0.05, 0) is 33.0 Å². The van der Waals surface area contributed by atoms with Gasteiger partial charge < -0.3 is 4.90 Å². The van der Waals surface area contributed by atoms with Crippen LogP contribution >= 0.6 is 0 Å². The van der Waals surface area contributed by atoms with Crippen LogP contribution in [0.2, 0.25) is 0 Å². The third kappa shape index (κ3) is 2.83. The van der Waals surface area contributed by atoms with Crippen molar-refractivity contribution in [3.05, 3.63) is 18.0 Å². The number of hydrogen-bond acceptors (Lipinski definition) is 4. The van der Waals surface area contributed by atoms with Crippen molar-refractivity contribution in [3.63, 3.8) is 0 Å². The van der Waals surface area contributed by atoms with E-state index in [1.165, 1.54) is 38.5 Å². The van der Waals surface area contributed by atoms with Crippen molar-refractivity contribution in [1.82, 2.24) is 20.1 Å². The molecule has 1 unspecified atom stereocenters. The largest absolute Gasteiger partial charge is 0.302 e. The molecule has 1 heterocycles. The molecular formula is C14H27N5. The number of rotatable bonds is 4. The first-order chi connectivity index (χ1) is 9.10. The lowest BCUT2D eigenvalue weighted by atomic mass is 9.80. The molecule has 5 nitrogen and oxygen atoms in total. The van der Waals surface area contributed by atoms with Gasteiger partial charge in [-0.15, -0.1) is 0 Å². The Labute approximate surface area is 116 Å². The smallest absolute Gasteiger partial charge is 0.0833 e. The summed E-state index contributed by atoms with van der Waals surface area (Å²) in [5, 5.41) is 4.56. The fourth-order valence-corrected chi connectivity index (χ4v) is 3.44. The van der Waals surface area contributed by atoms with E-state index >= 15 is 0 Å². The summed E-state index contributed by atoms with van der Waals surface area (Å²) in [6, 6.07) is 2.16. The molecule has 1 aliphatic rings. The average Bonchev–Trinajstić information content (AvgIpc) is 2.66. The maximum absolute atomic E-state index is 5.89. The summed E-state index contributed by atoms with van der Waals surface area (Å²) in [7, 11) is 6.28. The fourth-order valence-electron chi connectivity index (χ4n) is 3.44. The summed E-state index contributed by atoms with van der Waals surface area (Å²) in [5.41, 5.74) is 4.15. The van der Waals surface area contributed by atoms with E-state index in [9.17, 15) is 0 Å². The van der Waals surface area contributed by atoms with Crippen molar-refractivity contribution in [2.45, 2.75) is 50.1 Å². The van der Waals surface area contributed by atoms with Crippen LogP contribution in [0.1, 0.15) is 50.3 Å². The number of aryl methyl sites for hydroxylation is 1. The predicted octanol–water partition coefficient (Wildman–Crippen LogP) is 1.58. The lowest BCUT2D eigenvalue weighted by Crippen LogP contribution is -2.55. The molecule has 1 aromatic heterocycles. The molecule has 1 aromatic rings. The van der Waals surface area contributed by atoms with Crippen molar-refractivity contribution >= 4 is 0 Å². The number of nitrogens with two attached hydrogens (primary N) is 1. The number of hydrazine groups is 1. The van der Waals surface area contributed by atoms with Gasteiger partial charge in [-0.1, -0.05) is 25.7 Å². The minimum Gasteiger partial charge on any atom is -0.302 e. The quantitative estimate of drug-likeness (QED) is 0.493. The predicted molar refractivity (Wildman–Crippen MR) is 77.4 cm³/mol. The normalized spacial score (nSPS) is 21.3. The van der Waals surface area contributed by atoms with Gasteiger partial charge in [-0.25, -0.2) is 5.43 Å². The van der Waals surface area contributed by atoms with Crippen molar-refractivity contribution in [1.29, 1.82) is 0 Å². The van der Waals surface area contributed by atoms with Gasteiger partial charge in [-0.3, -0.25) is 10.5 Å². The lowest BCUT2D eigenvalue weighted by molar-refractivity contribution is 0.0779. The Balaban J connectivity index is 2.34. The maximum Gasteiger partial charge on any atom is 0.0833 e. The summed E-state index contributed by atoms with van der Waals surface area (Å²) in [6.45, 7) is 0. The van der Waals surface area contributed by atoms with Gasteiger partial charge in [0.15, 0.2) is 0 Å². The van der Waals surface area contributed by atoms with Crippen LogP contribution < -0.4 is 11.3 Å². The Bertz CT molecular complexity index is 390. The first-order valence-electron chi connectivity index (χ1n) is 7.23. The van der Waals surface area contributed by atoms with Crippen LogP contribution in [0, 0.1) is 0 Å². The standard InChI is InChI=1S/C14H27N5/c1-18(2)14(9-6-4-5-7-10-14)13(16-15)12-8-11-19(3)17-12/h8,11,13,16H,4-7,9-10,15H2,1-3H3. The number of aromatic nitrogens is 2. The van der Waals surface area contributed by atoms with Gasteiger partial charge >= 0.3 is 0 Å². The average molecular weight is 265 g/mol. The summed E-state index contributed by atoms with van der Waals surface area (Å²) in [6.07, 6.45) is 9.52. The van der Waals surface area contributed by atoms with E-state index < -0.39 is 0 Å². The Hall–Kier alpha value is -0.910. The van der Waals surface area contributed by atoms with E-state index in [-0.39, 0.29) is 11.6 Å². The molecule has 1 atom stereocenters. The highest BCUT2D eigenvalue weighted by Gasteiger charge is 2.42. The van der Waals surface area contributed by atoms with Gasteiger partial charge in [0.25, 0.3) is 0 Å². The minimum atomic E-state index is 0.0691. The van der Waals surface area contributed by atoms with Gasteiger partial charge in [0, 0.05) is 18.8 Å². The van der Waals surface area contributed by atoms with Crippen LogP contribution in [0.15, 0.2) is 12.3 Å². The summed E-state index contributed by atoms with van der Waals surface area (Å²) < 4.78 is 1.85. The fraction of sp³-hybridized carbons (Fsp3) is 0.786. The zero-order valence-electron chi connectivity index (χ0n) is 12.4. The van der Waals surface area contributed by atoms with Crippen molar-refractivity contribution in [2.24, 2.45) is 12.9 Å².